The van der Waals surface area contributed by atoms with Gasteiger partial charge in [-0.25, -0.2) is 9.50 Å². The second-order valence-corrected chi connectivity index (χ2v) is 10.9. The third kappa shape index (κ3) is 4.98. The first-order chi connectivity index (χ1) is 19.4. The van der Waals surface area contributed by atoms with Crippen LogP contribution < -0.4 is 22.5 Å². The molecule has 1 aliphatic heterocycles. The molecular weight excluding hydrogens is 519 g/mol. The number of primary amides is 1. The minimum atomic E-state index is -0.619. The van der Waals surface area contributed by atoms with Crippen LogP contribution in [0.5, 0.6) is 0 Å². The van der Waals surface area contributed by atoms with Gasteiger partial charge < -0.3 is 20.8 Å². The van der Waals surface area contributed by atoms with E-state index in [2.05, 4.69) is 23.1 Å². The molecule has 5 aromatic rings. The number of aryl methyl sites for hydroxylation is 1. The summed E-state index contributed by atoms with van der Waals surface area (Å²) in [6, 6.07) is 19.5. The molecule has 4 heterocycles. The van der Waals surface area contributed by atoms with Gasteiger partial charge in [-0.2, -0.15) is 0 Å². The molecule has 11 heteroatoms. The summed E-state index contributed by atoms with van der Waals surface area (Å²) in [4.78, 5) is 28.5. The quantitative estimate of drug-likeness (QED) is 0.326. The van der Waals surface area contributed by atoms with E-state index in [1.807, 2.05) is 76.2 Å². The van der Waals surface area contributed by atoms with E-state index in [9.17, 15) is 9.59 Å². The molecule has 0 spiro atoms. The molecule has 210 valence electrons. The zero-order valence-electron chi connectivity index (χ0n) is 23.8. The van der Waals surface area contributed by atoms with E-state index < -0.39 is 24.2 Å². The Morgan fingerprint density at radius 3 is 2.32 bits per heavy atom. The molecule has 41 heavy (non-hydrogen) atoms. The summed E-state index contributed by atoms with van der Waals surface area (Å²) in [7, 11) is -0.571. The lowest BCUT2D eigenvalue weighted by molar-refractivity contribution is 0.00578. The number of carbonyl (C=O) groups is 1. The normalized spacial score (nSPS) is 15.6. The number of para-hydroxylation sites is 1. The topological polar surface area (TPSA) is 140 Å². The zero-order chi connectivity index (χ0) is 29.5. The van der Waals surface area contributed by atoms with Crippen molar-refractivity contribution in [2.24, 2.45) is 5.73 Å². The second-order valence-electron chi connectivity index (χ2n) is 10.9. The van der Waals surface area contributed by atoms with Gasteiger partial charge in [-0.05, 0) is 69.2 Å². The molecule has 10 nitrogen and oxygen atoms in total. The molecule has 0 bridgehead atoms. The van der Waals surface area contributed by atoms with E-state index in [4.69, 9.17) is 20.8 Å². The maximum Gasteiger partial charge on any atom is 0.495 e. The number of nitrogen functional groups attached to an aromatic ring is 1. The number of anilines is 1. The first-order valence-electron chi connectivity index (χ1n) is 13.4. The number of aromatic nitrogens is 4. The summed E-state index contributed by atoms with van der Waals surface area (Å²) in [5.74, 6) is -0.516. The fraction of sp³-hybridized carbons (Fsp3) is 0.267. The number of pyridine rings is 1. The Balaban J connectivity index is 0.000000216. The predicted octanol–water partition coefficient (Wildman–Crippen LogP) is 3.26. The van der Waals surface area contributed by atoms with Gasteiger partial charge in [-0.3, -0.25) is 14.2 Å². The van der Waals surface area contributed by atoms with Gasteiger partial charge >= 0.3 is 7.12 Å². The predicted molar refractivity (Wildman–Crippen MR) is 161 cm³/mol. The second kappa shape index (κ2) is 10.5. The number of rotatable bonds is 4. The van der Waals surface area contributed by atoms with Crippen LogP contribution in [-0.2, 0) is 15.7 Å². The SMILES string of the molecule is CCc1cc2cccc(B3OC(C)(C)C(C)(C)O3)c2c(=O)n1-c1ccccc1.NC(=O)c1c(N)nn2cccnc12. The van der Waals surface area contributed by atoms with Crippen LogP contribution in [0.4, 0.5) is 5.82 Å². The Morgan fingerprint density at radius 2 is 1.68 bits per heavy atom. The van der Waals surface area contributed by atoms with Gasteiger partial charge in [0.2, 0.25) is 0 Å². The Bertz CT molecular complexity index is 1800. The Labute approximate surface area is 238 Å². The van der Waals surface area contributed by atoms with Crippen LogP contribution in [-0.4, -0.2) is 43.4 Å². The third-order valence-electron chi connectivity index (χ3n) is 7.71. The highest BCUT2D eigenvalue weighted by atomic mass is 16.7. The van der Waals surface area contributed by atoms with Gasteiger partial charge in [0.05, 0.1) is 11.2 Å². The van der Waals surface area contributed by atoms with E-state index >= 15 is 0 Å². The van der Waals surface area contributed by atoms with E-state index in [0.717, 1.165) is 28.7 Å². The zero-order valence-corrected chi connectivity index (χ0v) is 23.8. The van der Waals surface area contributed by atoms with Crippen molar-refractivity contribution in [1.82, 2.24) is 19.2 Å². The van der Waals surface area contributed by atoms with E-state index in [1.165, 1.54) is 4.52 Å². The number of amides is 1. The van der Waals surface area contributed by atoms with Gasteiger partial charge in [-0.15, -0.1) is 5.10 Å². The molecule has 6 rings (SSSR count). The number of nitrogens with zero attached hydrogens (tertiary/aromatic N) is 4. The van der Waals surface area contributed by atoms with Crippen LogP contribution in [0.1, 0.15) is 50.7 Å². The van der Waals surface area contributed by atoms with E-state index in [-0.39, 0.29) is 16.9 Å². The molecule has 1 amide bonds. The first kappa shape index (κ1) is 28.1. The van der Waals surface area contributed by atoms with Crippen molar-refractivity contribution >= 4 is 40.7 Å². The summed E-state index contributed by atoms with van der Waals surface area (Å²) in [6.45, 7) is 10.2. The number of carbonyl (C=O) groups excluding carboxylic acids is 1. The van der Waals surface area contributed by atoms with Crippen LogP contribution in [0, 0.1) is 0 Å². The largest absolute Gasteiger partial charge is 0.495 e. The molecule has 0 saturated carbocycles. The molecule has 2 aromatic carbocycles. The molecule has 0 unspecified atom stereocenters. The summed E-state index contributed by atoms with van der Waals surface area (Å²) < 4.78 is 15.7. The lowest BCUT2D eigenvalue weighted by atomic mass is 9.76. The lowest BCUT2D eigenvalue weighted by Gasteiger charge is -2.32. The van der Waals surface area contributed by atoms with Crippen molar-refractivity contribution in [2.75, 3.05) is 5.73 Å². The van der Waals surface area contributed by atoms with Crippen LogP contribution in [0.15, 0.2) is 77.9 Å². The van der Waals surface area contributed by atoms with Crippen LogP contribution >= 0.6 is 0 Å². The van der Waals surface area contributed by atoms with Crippen molar-refractivity contribution in [3.05, 3.63) is 94.7 Å². The Hall–Kier alpha value is -4.48. The number of nitrogens with two attached hydrogens (primary N) is 2. The fourth-order valence-corrected chi connectivity index (χ4v) is 4.87. The smallest absolute Gasteiger partial charge is 0.399 e. The maximum absolute atomic E-state index is 13.7. The van der Waals surface area contributed by atoms with Crippen molar-refractivity contribution in [3.8, 4) is 5.69 Å². The van der Waals surface area contributed by atoms with Crippen molar-refractivity contribution in [3.63, 3.8) is 0 Å². The van der Waals surface area contributed by atoms with Gasteiger partial charge in [0.1, 0.15) is 5.56 Å². The monoisotopic (exact) mass is 552 g/mol. The number of hydrogen-bond acceptors (Lipinski definition) is 7. The number of benzene rings is 2. The van der Waals surface area contributed by atoms with Crippen molar-refractivity contribution in [1.29, 1.82) is 0 Å². The third-order valence-corrected chi connectivity index (χ3v) is 7.71. The van der Waals surface area contributed by atoms with Crippen LogP contribution in [0.25, 0.3) is 22.1 Å². The minimum absolute atomic E-state index is 0.0362. The van der Waals surface area contributed by atoms with Crippen LogP contribution in [0.2, 0.25) is 0 Å². The average molecular weight is 552 g/mol. The molecular formula is C30H33BN6O4. The summed E-state index contributed by atoms with van der Waals surface area (Å²) in [5.41, 5.74) is 12.8. The summed E-state index contributed by atoms with van der Waals surface area (Å²) in [5, 5.41) is 5.44. The fourth-order valence-electron chi connectivity index (χ4n) is 4.87. The standard InChI is InChI=1S/C23H26BNO3.C7H7N5O/c1-6-17-15-16-11-10-14-19(24-27-22(2,3)23(4,5)28-24)20(16)21(26)25(17)18-12-8-7-9-13-18;8-5-4(6(9)13)7-10-2-1-3-12(7)11-5/h7-15H,6H2,1-5H3;1-3H,(H2,8,11)(H2,9,13). The molecule has 1 saturated heterocycles. The molecule has 3 aromatic heterocycles. The maximum atomic E-state index is 13.7. The van der Waals surface area contributed by atoms with E-state index in [0.29, 0.717) is 11.0 Å². The summed E-state index contributed by atoms with van der Waals surface area (Å²) in [6.07, 6.45) is 3.95. The summed E-state index contributed by atoms with van der Waals surface area (Å²) >= 11 is 0. The average Bonchev–Trinajstić information content (AvgIpc) is 3.39. The Morgan fingerprint density at radius 1 is 1.00 bits per heavy atom. The highest BCUT2D eigenvalue weighted by molar-refractivity contribution is 6.65. The first-order valence-corrected chi connectivity index (χ1v) is 13.4. The van der Waals surface area contributed by atoms with Crippen molar-refractivity contribution in [2.45, 2.75) is 52.2 Å². The van der Waals surface area contributed by atoms with Gasteiger partial charge in [-0.1, -0.05) is 43.3 Å². The molecule has 0 aliphatic carbocycles. The number of hydrogen-bond donors (Lipinski definition) is 2. The van der Waals surface area contributed by atoms with Gasteiger partial charge in [0.15, 0.2) is 11.5 Å². The molecule has 1 fully saturated rings. The highest BCUT2D eigenvalue weighted by Gasteiger charge is 2.52. The minimum Gasteiger partial charge on any atom is -0.399 e. The van der Waals surface area contributed by atoms with Gasteiger partial charge in [0, 0.05) is 29.2 Å². The number of fused-ring (bicyclic) bond motifs is 2. The van der Waals surface area contributed by atoms with Crippen LogP contribution in [0.3, 0.4) is 0 Å². The lowest BCUT2D eigenvalue weighted by Crippen LogP contribution is -2.41. The molecule has 1 aliphatic rings. The highest BCUT2D eigenvalue weighted by Crippen LogP contribution is 2.37. The molecule has 0 radical (unpaired) electrons. The Kier molecular flexibility index (Phi) is 7.18. The van der Waals surface area contributed by atoms with E-state index in [1.54, 1.807) is 23.0 Å². The van der Waals surface area contributed by atoms with Gasteiger partial charge in [0.25, 0.3) is 11.5 Å². The van der Waals surface area contributed by atoms with Crippen molar-refractivity contribution < 1.29 is 14.1 Å². The molecule has 0 atom stereocenters. The molecule has 4 N–H and O–H groups in total.